The number of benzene rings is 1. The third-order valence-electron chi connectivity index (χ3n) is 5.77. The van der Waals surface area contributed by atoms with Crippen molar-refractivity contribution in [1.29, 1.82) is 0 Å². The molecule has 2 aliphatic rings. The Labute approximate surface area is 181 Å². The van der Waals surface area contributed by atoms with E-state index in [2.05, 4.69) is 39.6 Å². The van der Waals surface area contributed by atoms with E-state index in [9.17, 15) is 4.79 Å². The van der Waals surface area contributed by atoms with Crippen LogP contribution in [0.4, 0.5) is 10.8 Å². The van der Waals surface area contributed by atoms with Gasteiger partial charge in [0.15, 0.2) is 5.13 Å². The van der Waals surface area contributed by atoms with E-state index in [0.717, 1.165) is 68.2 Å². The average Bonchev–Trinajstić information content (AvgIpc) is 3.24. The van der Waals surface area contributed by atoms with Gasteiger partial charge in [0.1, 0.15) is 5.69 Å². The number of nitrogens with zero attached hydrogens (tertiary/aromatic N) is 5. The number of thiazole rings is 1. The minimum atomic E-state index is 0.0634. The Morgan fingerprint density at radius 1 is 1.03 bits per heavy atom. The van der Waals surface area contributed by atoms with Crippen molar-refractivity contribution in [3.8, 4) is 0 Å². The summed E-state index contributed by atoms with van der Waals surface area (Å²) in [7, 11) is 0. The molecule has 0 atom stereocenters. The molecule has 2 aromatic rings. The highest BCUT2D eigenvalue weighted by Crippen LogP contribution is 2.26. The highest BCUT2D eigenvalue weighted by Gasteiger charge is 2.26. The van der Waals surface area contributed by atoms with Crippen LogP contribution in [0.2, 0.25) is 5.02 Å². The van der Waals surface area contributed by atoms with Crippen LogP contribution in [0.15, 0.2) is 29.6 Å². The fraction of sp³-hybridized carbons (Fsp3) is 0.524. The summed E-state index contributed by atoms with van der Waals surface area (Å²) in [6.45, 7) is 11.5. The quantitative estimate of drug-likeness (QED) is 0.740. The zero-order valence-corrected chi connectivity index (χ0v) is 18.6. The number of piperazine rings is 2. The highest BCUT2D eigenvalue weighted by atomic mass is 35.5. The first-order valence-electron chi connectivity index (χ1n) is 10.3. The van der Waals surface area contributed by atoms with Gasteiger partial charge >= 0.3 is 0 Å². The molecule has 4 rings (SSSR count). The van der Waals surface area contributed by atoms with Gasteiger partial charge in [0.25, 0.3) is 5.91 Å². The van der Waals surface area contributed by atoms with Crippen molar-refractivity contribution in [2.45, 2.75) is 19.9 Å². The molecule has 0 saturated carbocycles. The van der Waals surface area contributed by atoms with Crippen LogP contribution in [-0.4, -0.2) is 79.1 Å². The summed E-state index contributed by atoms with van der Waals surface area (Å²) in [5.74, 6) is 0.0634. The van der Waals surface area contributed by atoms with E-state index in [1.165, 1.54) is 0 Å². The number of halogens is 1. The normalized spacial score (nSPS) is 18.6. The lowest BCUT2D eigenvalue weighted by atomic mass is 10.2. The van der Waals surface area contributed by atoms with Crippen molar-refractivity contribution >= 4 is 39.7 Å². The van der Waals surface area contributed by atoms with E-state index >= 15 is 0 Å². The third kappa shape index (κ3) is 4.68. The maximum Gasteiger partial charge on any atom is 0.273 e. The number of aromatic nitrogens is 1. The van der Waals surface area contributed by atoms with Gasteiger partial charge in [0.05, 0.1) is 0 Å². The van der Waals surface area contributed by atoms with Crippen LogP contribution in [-0.2, 0) is 0 Å². The number of amides is 1. The fourth-order valence-corrected chi connectivity index (χ4v) is 4.98. The highest BCUT2D eigenvalue weighted by molar-refractivity contribution is 7.13. The van der Waals surface area contributed by atoms with Crippen LogP contribution >= 0.6 is 22.9 Å². The van der Waals surface area contributed by atoms with Gasteiger partial charge in [-0.15, -0.1) is 11.3 Å². The molecule has 156 valence electrons. The van der Waals surface area contributed by atoms with Crippen LogP contribution in [0, 0.1) is 0 Å². The Kier molecular flexibility index (Phi) is 6.27. The topological polar surface area (TPSA) is 42.9 Å². The molecular formula is C21H28ClN5OS. The second kappa shape index (κ2) is 8.90. The van der Waals surface area contributed by atoms with Crippen molar-refractivity contribution in [2.75, 3.05) is 62.2 Å². The molecule has 1 aromatic carbocycles. The van der Waals surface area contributed by atoms with Gasteiger partial charge < -0.3 is 14.7 Å². The summed E-state index contributed by atoms with van der Waals surface area (Å²) in [4.78, 5) is 26.5. The SMILES string of the molecule is CC(C)N1CCN(C(=O)c2csc(N3CCN(c4cccc(Cl)c4)CC3)n2)CC1. The van der Waals surface area contributed by atoms with E-state index in [-0.39, 0.29) is 5.91 Å². The number of rotatable bonds is 4. The summed E-state index contributed by atoms with van der Waals surface area (Å²) in [5.41, 5.74) is 1.74. The van der Waals surface area contributed by atoms with Crippen LogP contribution in [0.3, 0.4) is 0 Å². The first kappa shape index (κ1) is 20.4. The van der Waals surface area contributed by atoms with Gasteiger partial charge in [0.2, 0.25) is 0 Å². The molecule has 1 aromatic heterocycles. The summed E-state index contributed by atoms with van der Waals surface area (Å²) >= 11 is 7.70. The number of hydrogen-bond acceptors (Lipinski definition) is 6. The molecule has 0 N–H and O–H groups in total. The number of carbonyl (C=O) groups excluding carboxylic acids is 1. The lowest BCUT2D eigenvalue weighted by molar-refractivity contribution is 0.0591. The minimum Gasteiger partial charge on any atom is -0.368 e. The molecular weight excluding hydrogens is 406 g/mol. The smallest absolute Gasteiger partial charge is 0.273 e. The molecule has 29 heavy (non-hydrogen) atoms. The summed E-state index contributed by atoms with van der Waals surface area (Å²) in [5, 5.41) is 3.62. The summed E-state index contributed by atoms with van der Waals surface area (Å²) in [6, 6.07) is 8.53. The van der Waals surface area contributed by atoms with E-state index < -0.39 is 0 Å². The van der Waals surface area contributed by atoms with Gasteiger partial charge in [-0.25, -0.2) is 4.98 Å². The van der Waals surface area contributed by atoms with E-state index in [4.69, 9.17) is 11.6 Å². The largest absolute Gasteiger partial charge is 0.368 e. The molecule has 2 fully saturated rings. The molecule has 8 heteroatoms. The first-order chi connectivity index (χ1) is 14.0. The van der Waals surface area contributed by atoms with Gasteiger partial charge in [-0.3, -0.25) is 9.69 Å². The van der Waals surface area contributed by atoms with Crippen molar-refractivity contribution in [1.82, 2.24) is 14.8 Å². The second-order valence-electron chi connectivity index (χ2n) is 7.89. The Hall–Kier alpha value is -1.83. The Balaban J connectivity index is 1.33. The number of hydrogen-bond donors (Lipinski definition) is 0. The number of carbonyl (C=O) groups is 1. The lowest BCUT2D eigenvalue weighted by Gasteiger charge is -2.36. The maximum atomic E-state index is 12.9. The molecule has 0 unspecified atom stereocenters. The summed E-state index contributed by atoms with van der Waals surface area (Å²) in [6.07, 6.45) is 0. The molecule has 0 radical (unpaired) electrons. The molecule has 0 spiro atoms. The Bertz CT molecular complexity index is 841. The Morgan fingerprint density at radius 3 is 2.38 bits per heavy atom. The van der Waals surface area contributed by atoms with Gasteiger partial charge in [0, 0.05) is 74.5 Å². The molecule has 0 bridgehead atoms. The third-order valence-corrected chi connectivity index (χ3v) is 6.90. The molecule has 6 nitrogen and oxygen atoms in total. The minimum absolute atomic E-state index is 0.0634. The molecule has 1 amide bonds. The maximum absolute atomic E-state index is 12.9. The predicted molar refractivity (Wildman–Crippen MR) is 121 cm³/mol. The zero-order valence-electron chi connectivity index (χ0n) is 17.1. The van der Waals surface area contributed by atoms with Crippen molar-refractivity contribution in [3.05, 3.63) is 40.4 Å². The van der Waals surface area contributed by atoms with Gasteiger partial charge in [-0.2, -0.15) is 0 Å². The molecule has 3 heterocycles. The standard InChI is InChI=1S/C21H28ClN5OS/c1-16(2)24-6-10-26(11-7-24)20(28)19-15-29-21(23-19)27-12-8-25(9-13-27)18-5-3-4-17(22)14-18/h3-5,14-16H,6-13H2,1-2H3. The number of anilines is 2. The van der Waals surface area contributed by atoms with Crippen molar-refractivity contribution < 1.29 is 4.79 Å². The van der Waals surface area contributed by atoms with Gasteiger partial charge in [-0.1, -0.05) is 17.7 Å². The predicted octanol–water partition coefficient (Wildman–Crippen LogP) is 3.29. The van der Waals surface area contributed by atoms with E-state index in [0.29, 0.717) is 11.7 Å². The fourth-order valence-electron chi connectivity index (χ4n) is 3.94. The van der Waals surface area contributed by atoms with Crippen LogP contribution in [0.1, 0.15) is 24.3 Å². The molecule has 2 aliphatic heterocycles. The first-order valence-corrected chi connectivity index (χ1v) is 11.5. The monoisotopic (exact) mass is 433 g/mol. The second-order valence-corrected chi connectivity index (χ2v) is 9.16. The van der Waals surface area contributed by atoms with E-state index in [1.54, 1.807) is 11.3 Å². The summed E-state index contributed by atoms with van der Waals surface area (Å²) < 4.78 is 0. The van der Waals surface area contributed by atoms with Crippen molar-refractivity contribution in [2.24, 2.45) is 0 Å². The van der Waals surface area contributed by atoms with Crippen LogP contribution in [0.25, 0.3) is 0 Å². The van der Waals surface area contributed by atoms with Crippen LogP contribution < -0.4 is 9.80 Å². The Morgan fingerprint density at radius 2 is 1.72 bits per heavy atom. The zero-order chi connectivity index (χ0) is 20.4. The molecule has 0 aliphatic carbocycles. The average molecular weight is 434 g/mol. The molecule has 2 saturated heterocycles. The van der Waals surface area contributed by atoms with Crippen molar-refractivity contribution in [3.63, 3.8) is 0 Å². The lowest BCUT2D eigenvalue weighted by Crippen LogP contribution is -2.50. The van der Waals surface area contributed by atoms with E-state index in [1.807, 2.05) is 28.5 Å². The van der Waals surface area contributed by atoms with Gasteiger partial charge in [-0.05, 0) is 32.0 Å². The van der Waals surface area contributed by atoms with Crippen LogP contribution in [0.5, 0.6) is 0 Å².